The van der Waals surface area contributed by atoms with Crippen molar-refractivity contribution in [1.82, 2.24) is 0 Å². The molecule has 6 heteroatoms. The van der Waals surface area contributed by atoms with Gasteiger partial charge in [0.1, 0.15) is 5.54 Å². The Balaban J connectivity index is 2.70. The van der Waals surface area contributed by atoms with Crippen LogP contribution in [0.1, 0.15) is 31.2 Å². The lowest BCUT2D eigenvalue weighted by Gasteiger charge is -2.25. The van der Waals surface area contributed by atoms with Crippen molar-refractivity contribution in [3.05, 3.63) is 21.9 Å². The number of isocyanates is 1. The van der Waals surface area contributed by atoms with Crippen LogP contribution in [0.15, 0.2) is 15.5 Å². The van der Waals surface area contributed by atoms with Gasteiger partial charge in [-0.1, -0.05) is 12.8 Å². The summed E-state index contributed by atoms with van der Waals surface area (Å²) in [4.78, 5) is 14.6. The first kappa shape index (κ1) is 14.0. The molecule has 1 N–H and O–H groups in total. The molecule has 0 radical (unpaired) electrons. The molecule has 0 saturated heterocycles. The second kappa shape index (κ2) is 5.31. The van der Waals surface area contributed by atoms with Crippen LogP contribution in [0.5, 0.6) is 11.5 Å². The second-order valence-electron chi connectivity index (χ2n) is 4.54. The van der Waals surface area contributed by atoms with Gasteiger partial charge >= 0.3 is 0 Å². The Morgan fingerprint density at radius 3 is 2.68 bits per heavy atom. The van der Waals surface area contributed by atoms with E-state index in [4.69, 9.17) is 4.74 Å². The Bertz CT molecular complexity index is 549. The van der Waals surface area contributed by atoms with E-state index in [0.29, 0.717) is 18.4 Å². The summed E-state index contributed by atoms with van der Waals surface area (Å²) >= 11 is 3.10. The molecule has 4 nitrogen and oxygen atoms in total. The SMILES string of the molecule is COc1c(C2(N=C=O)CCCC2)cc(Br)c(O)c1F. The highest BCUT2D eigenvalue weighted by Crippen LogP contribution is 2.49. The lowest BCUT2D eigenvalue weighted by atomic mass is 9.88. The Morgan fingerprint density at radius 2 is 2.16 bits per heavy atom. The van der Waals surface area contributed by atoms with Gasteiger partial charge in [-0.15, -0.1) is 0 Å². The number of aromatic hydroxyl groups is 1. The molecule has 1 aliphatic carbocycles. The summed E-state index contributed by atoms with van der Waals surface area (Å²) in [6.07, 6.45) is 4.64. The minimum absolute atomic E-state index is 0.0680. The quantitative estimate of drug-likeness (QED) is 0.682. The first-order chi connectivity index (χ1) is 9.05. The monoisotopic (exact) mass is 329 g/mol. The first-order valence-corrected chi connectivity index (χ1v) is 6.69. The molecule has 1 aromatic rings. The van der Waals surface area contributed by atoms with Gasteiger partial charge in [0.25, 0.3) is 0 Å². The summed E-state index contributed by atoms with van der Waals surface area (Å²) in [7, 11) is 1.32. The maximum absolute atomic E-state index is 14.0. The number of hydrogen-bond acceptors (Lipinski definition) is 4. The number of carbonyl (C=O) groups excluding carboxylic acids is 1. The topological polar surface area (TPSA) is 58.9 Å². The smallest absolute Gasteiger partial charge is 0.235 e. The number of hydrogen-bond donors (Lipinski definition) is 1. The van der Waals surface area contributed by atoms with Crippen LogP contribution >= 0.6 is 15.9 Å². The number of ether oxygens (including phenoxy) is 1. The maximum Gasteiger partial charge on any atom is 0.235 e. The third-order valence-electron chi connectivity index (χ3n) is 3.55. The summed E-state index contributed by atoms with van der Waals surface area (Å²) < 4.78 is 19.3. The zero-order valence-electron chi connectivity index (χ0n) is 10.4. The minimum atomic E-state index is -0.848. The molecule has 1 saturated carbocycles. The van der Waals surface area contributed by atoms with Crippen molar-refractivity contribution in [2.24, 2.45) is 4.99 Å². The van der Waals surface area contributed by atoms with Crippen LogP contribution in [-0.2, 0) is 10.3 Å². The van der Waals surface area contributed by atoms with Crippen LogP contribution in [0.4, 0.5) is 4.39 Å². The van der Waals surface area contributed by atoms with E-state index in [1.807, 2.05) is 0 Å². The number of phenols is 1. The van der Waals surface area contributed by atoms with Crippen LogP contribution < -0.4 is 4.74 Å². The van der Waals surface area contributed by atoms with Crippen molar-refractivity contribution in [2.75, 3.05) is 7.11 Å². The zero-order chi connectivity index (χ0) is 14.0. The van der Waals surface area contributed by atoms with E-state index in [0.717, 1.165) is 12.8 Å². The fraction of sp³-hybridized carbons (Fsp3) is 0.462. The second-order valence-corrected chi connectivity index (χ2v) is 5.40. The first-order valence-electron chi connectivity index (χ1n) is 5.90. The largest absolute Gasteiger partial charge is 0.504 e. The van der Waals surface area contributed by atoms with Gasteiger partial charge in [0, 0.05) is 5.56 Å². The third-order valence-corrected chi connectivity index (χ3v) is 4.15. The van der Waals surface area contributed by atoms with Crippen molar-refractivity contribution in [3.63, 3.8) is 0 Å². The Morgan fingerprint density at radius 1 is 1.53 bits per heavy atom. The van der Waals surface area contributed by atoms with E-state index in [9.17, 15) is 14.3 Å². The zero-order valence-corrected chi connectivity index (χ0v) is 12.0. The lowest BCUT2D eigenvalue weighted by Crippen LogP contribution is -2.20. The molecule has 1 fully saturated rings. The summed E-state index contributed by atoms with van der Waals surface area (Å²) in [6, 6.07) is 1.56. The van der Waals surface area contributed by atoms with E-state index >= 15 is 0 Å². The fourth-order valence-corrected chi connectivity index (χ4v) is 3.03. The van der Waals surface area contributed by atoms with Crippen LogP contribution in [0.3, 0.4) is 0 Å². The highest BCUT2D eigenvalue weighted by molar-refractivity contribution is 9.10. The third kappa shape index (κ3) is 2.26. The molecule has 1 aliphatic rings. The number of phenolic OH excluding ortho intramolecular Hbond substituents is 1. The summed E-state index contributed by atoms with van der Waals surface area (Å²) in [5.41, 5.74) is -0.331. The van der Waals surface area contributed by atoms with Crippen LogP contribution in [0.25, 0.3) is 0 Å². The molecular weight excluding hydrogens is 317 g/mol. The molecule has 2 rings (SSSR count). The molecule has 0 atom stereocenters. The number of aliphatic imine (C=N–C) groups is 1. The molecule has 0 unspecified atom stereocenters. The van der Waals surface area contributed by atoms with Crippen molar-refractivity contribution in [1.29, 1.82) is 0 Å². The molecular formula is C13H13BrFNO3. The predicted octanol–water partition coefficient (Wildman–Crippen LogP) is 3.41. The maximum atomic E-state index is 14.0. The standard InChI is InChI=1S/C13H13BrFNO3/c1-19-12-8(6-9(14)11(18)10(12)15)13(16-7-17)4-2-3-5-13/h6,18H,2-5H2,1H3. The Hall–Kier alpha value is -1.39. The van der Waals surface area contributed by atoms with Crippen molar-refractivity contribution >= 4 is 22.0 Å². The molecule has 0 aliphatic heterocycles. The molecule has 1 aromatic carbocycles. The van der Waals surface area contributed by atoms with Gasteiger partial charge in [-0.2, -0.15) is 9.38 Å². The lowest BCUT2D eigenvalue weighted by molar-refractivity contribution is 0.341. The van der Waals surface area contributed by atoms with Gasteiger partial charge in [-0.05, 0) is 34.8 Å². The Labute approximate surface area is 118 Å². The van der Waals surface area contributed by atoms with E-state index in [-0.39, 0.29) is 10.2 Å². The number of halogens is 2. The molecule has 0 heterocycles. The average Bonchev–Trinajstić information content (AvgIpc) is 2.86. The van der Waals surface area contributed by atoms with Gasteiger partial charge < -0.3 is 9.84 Å². The summed E-state index contributed by atoms with van der Waals surface area (Å²) in [6.45, 7) is 0. The molecule has 102 valence electrons. The van der Waals surface area contributed by atoms with E-state index in [2.05, 4.69) is 20.9 Å². The highest BCUT2D eigenvalue weighted by Gasteiger charge is 2.40. The van der Waals surface area contributed by atoms with E-state index in [1.165, 1.54) is 7.11 Å². The van der Waals surface area contributed by atoms with E-state index in [1.54, 1.807) is 12.1 Å². The number of methoxy groups -OCH3 is 1. The van der Waals surface area contributed by atoms with Gasteiger partial charge in [0.2, 0.25) is 11.9 Å². The summed E-state index contributed by atoms with van der Waals surface area (Å²) in [5.74, 6) is -1.43. The molecule has 0 spiro atoms. The molecule has 19 heavy (non-hydrogen) atoms. The van der Waals surface area contributed by atoms with Crippen LogP contribution in [0, 0.1) is 5.82 Å². The van der Waals surface area contributed by atoms with Crippen molar-refractivity contribution < 1.29 is 19.0 Å². The minimum Gasteiger partial charge on any atom is -0.504 e. The van der Waals surface area contributed by atoms with Crippen molar-refractivity contribution in [2.45, 2.75) is 31.2 Å². The van der Waals surface area contributed by atoms with Crippen LogP contribution in [-0.4, -0.2) is 18.3 Å². The van der Waals surface area contributed by atoms with Crippen LogP contribution in [0.2, 0.25) is 0 Å². The predicted molar refractivity (Wildman–Crippen MR) is 70.6 cm³/mol. The van der Waals surface area contributed by atoms with Crippen molar-refractivity contribution in [3.8, 4) is 11.5 Å². The van der Waals surface area contributed by atoms with Gasteiger partial charge in [-0.3, -0.25) is 0 Å². The van der Waals surface area contributed by atoms with E-state index < -0.39 is 17.1 Å². The number of nitrogens with zero attached hydrogens (tertiary/aromatic N) is 1. The fourth-order valence-electron chi connectivity index (χ4n) is 2.63. The van der Waals surface area contributed by atoms with Gasteiger partial charge in [0.15, 0.2) is 11.5 Å². The normalized spacial score (nSPS) is 17.0. The van der Waals surface area contributed by atoms with Gasteiger partial charge in [-0.25, -0.2) is 4.79 Å². The molecule has 0 bridgehead atoms. The number of benzene rings is 1. The highest BCUT2D eigenvalue weighted by atomic mass is 79.9. The average molecular weight is 330 g/mol. The molecule has 0 aromatic heterocycles. The molecule has 0 amide bonds. The van der Waals surface area contributed by atoms with Gasteiger partial charge in [0.05, 0.1) is 11.6 Å². The summed E-state index contributed by atoms with van der Waals surface area (Å²) in [5, 5.41) is 9.59. The number of rotatable bonds is 3. The Kier molecular flexibility index (Phi) is 3.92.